The monoisotopic (exact) mass is 383 g/mol. The van der Waals surface area contributed by atoms with Crippen molar-refractivity contribution >= 4 is 46.8 Å². The summed E-state index contributed by atoms with van der Waals surface area (Å²) in [5.41, 5.74) is 0.933. The van der Waals surface area contributed by atoms with Gasteiger partial charge >= 0.3 is 0 Å². The minimum Gasteiger partial charge on any atom is -0.360 e. The Labute approximate surface area is 151 Å². The SMILES string of the molecule is CSc1n[nH]c(NC(=O)c2c(-c3c(Cl)cccc3Cl)noc2C)n1. The molecule has 0 fully saturated rings. The summed E-state index contributed by atoms with van der Waals surface area (Å²) in [4.78, 5) is 16.7. The third-order valence-corrected chi connectivity index (χ3v) is 4.35. The van der Waals surface area contributed by atoms with E-state index in [0.717, 1.165) is 0 Å². The zero-order valence-corrected chi connectivity index (χ0v) is 14.9. The van der Waals surface area contributed by atoms with Crippen LogP contribution in [-0.2, 0) is 0 Å². The number of thioether (sulfide) groups is 1. The molecule has 0 aliphatic rings. The summed E-state index contributed by atoms with van der Waals surface area (Å²) in [5.74, 6) is 0.104. The van der Waals surface area contributed by atoms with Gasteiger partial charge in [0.05, 0.1) is 10.0 Å². The van der Waals surface area contributed by atoms with E-state index in [4.69, 9.17) is 27.7 Å². The lowest BCUT2D eigenvalue weighted by Gasteiger charge is -2.06. The zero-order chi connectivity index (χ0) is 17.3. The molecule has 3 aromatic rings. The molecule has 10 heteroatoms. The van der Waals surface area contributed by atoms with Crippen LogP contribution in [0.3, 0.4) is 0 Å². The molecule has 1 amide bonds. The topological polar surface area (TPSA) is 96.7 Å². The van der Waals surface area contributed by atoms with E-state index in [-0.39, 0.29) is 17.2 Å². The largest absolute Gasteiger partial charge is 0.360 e. The number of nitrogens with one attached hydrogen (secondary N) is 2. The maximum absolute atomic E-state index is 12.6. The number of benzene rings is 1. The van der Waals surface area contributed by atoms with Crippen molar-refractivity contribution in [3.63, 3.8) is 0 Å². The first-order chi connectivity index (χ1) is 11.5. The predicted molar refractivity (Wildman–Crippen MR) is 92.8 cm³/mol. The van der Waals surface area contributed by atoms with Crippen molar-refractivity contribution in [1.29, 1.82) is 0 Å². The van der Waals surface area contributed by atoms with Crippen LogP contribution in [-0.4, -0.2) is 32.5 Å². The van der Waals surface area contributed by atoms with E-state index in [9.17, 15) is 4.79 Å². The van der Waals surface area contributed by atoms with E-state index >= 15 is 0 Å². The standard InChI is InChI=1S/C14H11Cl2N5O2S/c1-6-9(12(22)17-13-18-14(24-2)20-19-13)11(21-23-6)10-7(15)4-3-5-8(10)16/h3-5H,1-2H3,(H2,17,18,19,20,22). The van der Waals surface area contributed by atoms with Crippen LogP contribution in [0.1, 0.15) is 16.1 Å². The van der Waals surface area contributed by atoms with Gasteiger partial charge in [0.25, 0.3) is 5.91 Å². The van der Waals surface area contributed by atoms with Crippen molar-refractivity contribution in [3.05, 3.63) is 39.6 Å². The second-order valence-corrected chi connectivity index (χ2v) is 6.27. The number of H-pyrrole nitrogens is 1. The minimum atomic E-state index is -0.455. The molecule has 0 radical (unpaired) electrons. The molecular weight excluding hydrogens is 373 g/mol. The first kappa shape index (κ1) is 16.8. The highest BCUT2D eigenvalue weighted by Gasteiger charge is 2.25. The van der Waals surface area contributed by atoms with Crippen LogP contribution in [0.25, 0.3) is 11.3 Å². The summed E-state index contributed by atoms with van der Waals surface area (Å²) in [7, 11) is 0. The Morgan fingerprint density at radius 1 is 1.33 bits per heavy atom. The van der Waals surface area contributed by atoms with Gasteiger partial charge in [0.2, 0.25) is 11.1 Å². The Balaban J connectivity index is 1.99. The molecule has 0 atom stereocenters. The van der Waals surface area contributed by atoms with E-state index < -0.39 is 5.91 Å². The molecule has 0 bridgehead atoms. The summed E-state index contributed by atoms with van der Waals surface area (Å²) >= 11 is 13.8. The molecule has 0 saturated heterocycles. The maximum atomic E-state index is 12.6. The summed E-state index contributed by atoms with van der Waals surface area (Å²) in [6.07, 6.45) is 1.83. The average Bonchev–Trinajstić information content (AvgIpc) is 3.14. The van der Waals surface area contributed by atoms with Crippen LogP contribution in [0.2, 0.25) is 10.0 Å². The summed E-state index contributed by atoms with van der Waals surface area (Å²) in [6, 6.07) is 5.03. The van der Waals surface area contributed by atoms with Gasteiger partial charge in [-0.1, -0.05) is 46.2 Å². The maximum Gasteiger partial charge on any atom is 0.263 e. The molecule has 124 valence electrons. The van der Waals surface area contributed by atoms with Gasteiger partial charge in [-0.05, 0) is 25.3 Å². The van der Waals surface area contributed by atoms with Crippen molar-refractivity contribution in [1.82, 2.24) is 20.3 Å². The number of amides is 1. The van der Waals surface area contributed by atoms with Gasteiger partial charge in [0.15, 0.2) is 0 Å². The number of carbonyl (C=O) groups is 1. The normalized spacial score (nSPS) is 10.8. The average molecular weight is 384 g/mol. The summed E-state index contributed by atoms with van der Waals surface area (Å²) < 4.78 is 5.17. The van der Waals surface area contributed by atoms with Crippen LogP contribution in [0.15, 0.2) is 27.9 Å². The molecule has 0 saturated carbocycles. The van der Waals surface area contributed by atoms with Crippen LogP contribution >= 0.6 is 35.0 Å². The van der Waals surface area contributed by atoms with Gasteiger partial charge in [-0.3, -0.25) is 10.1 Å². The van der Waals surface area contributed by atoms with Crippen LogP contribution in [0.4, 0.5) is 5.95 Å². The van der Waals surface area contributed by atoms with Gasteiger partial charge in [0, 0.05) is 5.56 Å². The first-order valence-corrected chi connectivity index (χ1v) is 8.67. The minimum absolute atomic E-state index is 0.223. The number of carbonyl (C=O) groups excluding carboxylic acids is 1. The molecule has 0 aliphatic carbocycles. The van der Waals surface area contributed by atoms with Crippen LogP contribution in [0.5, 0.6) is 0 Å². The molecule has 0 unspecified atom stereocenters. The zero-order valence-electron chi connectivity index (χ0n) is 12.6. The number of rotatable bonds is 4. The molecule has 0 spiro atoms. The number of hydrogen-bond donors (Lipinski definition) is 2. The lowest BCUT2D eigenvalue weighted by atomic mass is 10.1. The molecule has 24 heavy (non-hydrogen) atoms. The Hall–Kier alpha value is -2.03. The Morgan fingerprint density at radius 2 is 2.04 bits per heavy atom. The van der Waals surface area contributed by atoms with E-state index in [2.05, 4.69) is 25.7 Å². The molecule has 2 heterocycles. The number of aromatic nitrogens is 4. The summed E-state index contributed by atoms with van der Waals surface area (Å²) in [5, 5.41) is 14.4. The fraction of sp³-hybridized carbons (Fsp3) is 0.143. The Bertz CT molecular complexity index is 888. The van der Waals surface area contributed by atoms with E-state index in [1.54, 1.807) is 25.1 Å². The van der Waals surface area contributed by atoms with Gasteiger partial charge in [0.1, 0.15) is 17.0 Å². The van der Waals surface area contributed by atoms with Gasteiger partial charge in [-0.15, -0.1) is 5.10 Å². The molecule has 2 aromatic heterocycles. The molecule has 2 N–H and O–H groups in total. The highest BCUT2D eigenvalue weighted by Crippen LogP contribution is 2.36. The fourth-order valence-electron chi connectivity index (χ4n) is 2.10. The van der Waals surface area contributed by atoms with Crippen molar-refractivity contribution in [3.8, 4) is 11.3 Å². The highest BCUT2D eigenvalue weighted by atomic mass is 35.5. The third kappa shape index (κ3) is 3.12. The van der Waals surface area contributed by atoms with E-state index in [1.807, 2.05) is 6.26 Å². The highest BCUT2D eigenvalue weighted by molar-refractivity contribution is 7.98. The van der Waals surface area contributed by atoms with Gasteiger partial charge in [-0.25, -0.2) is 5.10 Å². The lowest BCUT2D eigenvalue weighted by molar-refractivity contribution is 0.102. The van der Waals surface area contributed by atoms with Crippen LogP contribution < -0.4 is 5.32 Å². The molecule has 1 aromatic carbocycles. The number of anilines is 1. The third-order valence-electron chi connectivity index (χ3n) is 3.17. The summed E-state index contributed by atoms with van der Waals surface area (Å²) in [6.45, 7) is 1.63. The lowest BCUT2D eigenvalue weighted by Crippen LogP contribution is -2.14. The van der Waals surface area contributed by atoms with Crippen molar-refractivity contribution in [2.45, 2.75) is 12.1 Å². The smallest absolute Gasteiger partial charge is 0.263 e. The van der Waals surface area contributed by atoms with E-state index in [1.165, 1.54) is 11.8 Å². The van der Waals surface area contributed by atoms with Gasteiger partial charge < -0.3 is 4.52 Å². The Morgan fingerprint density at radius 3 is 2.67 bits per heavy atom. The second-order valence-electron chi connectivity index (χ2n) is 4.68. The second kappa shape index (κ2) is 6.84. The van der Waals surface area contributed by atoms with Crippen molar-refractivity contribution in [2.75, 3.05) is 11.6 Å². The molecule has 0 aliphatic heterocycles. The number of aryl methyl sites for hydroxylation is 1. The Kier molecular flexibility index (Phi) is 4.79. The number of nitrogens with zero attached hydrogens (tertiary/aromatic N) is 3. The van der Waals surface area contributed by atoms with E-state index in [0.29, 0.717) is 26.5 Å². The molecular formula is C14H11Cl2N5O2S. The molecule has 3 rings (SSSR count). The quantitative estimate of drug-likeness (QED) is 0.659. The number of halogens is 2. The van der Waals surface area contributed by atoms with Crippen molar-refractivity contribution in [2.24, 2.45) is 0 Å². The van der Waals surface area contributed by atoms with Crippen LogP contribution in [0, 0.1) is 6.92 Å². The predicted octanol–water partition coefficient (Wildman–Crippen LogP) is 4.05. The number of aromatic amines is 1. The molecule has 7 nitrogen and oxygen atoms in total. The number of hydrogen-bond acceptors (Lipinski definition) is 6. The van der Waals surface area contributed by atoms with Gasteiger partial charge in [-0.2, -0.15) is 4.98 Å². The van der Waals surface area contributed by atoms with Crippen molar-refractivity contribution < 1.29 is 9.32 Å². The first-order valence-electron chi connectivity index (χ1n) is 6.69. The fourth-order valence-corrected chi connectivity index (χ4v) is 2.99.